The molecule has 4 heteroatoms. The minimum atomic E-state index is 0.454. The lowest BCUT2D eigenvalue weighted by Gasteiger charge is -1.94. The van der Waals surface area contributed by atoms with Gasteiger partial charge in [0.25, 0.3) is 0 Å². The molecule has 0 spiro atoms. The molecule has 1 aromatic rings. The number of rotatable bonds is 3. The average molecular weight is 268 g/mol. The van der Waals surface area contributed by atoms with Crippen molar-refractivity contribution in [2.75, 3.05) is 13.0 Å². The first-order chi connectivity index (χ1) is 5.69. The van der Waals surface area contributed by atoms with Gasteiger partial charge in [-0.05, 0) is 27.6 Å². The third-order valence-electron chi connectivity index (χ3n) is 1.35. The van der Waals surface area contributed by atoms with E-state index in [0.717, 1.165) is 20.0 Å². The smallest absolute Gasteiger partial charge is 0.188 e. The van der Waals surface area contributed by atoms with E-state index in [9.17, 15) is 0 Å². The molecule has 0 atom stereocenters. The van der Waals surface area contributed by atoms with Crippen molar-refractivity contribution in [3.05, 3.63) is 22.0 Å². The van der Waals surface area contributed by atoms with Gasteiger partial charge in [0.1, 0.15) is 0 Å². The van der Waals surface area contributed by atoms with E-state index in [2.05, 4.69) is 22.5 Å². The van der Waals surface area contributed by atoms with Gasteiger partial charge < -0.3 is 4.74 Å². The van der Waals surface area contributed by atoms with E-state index in [1.807, 2.05) is 6.07 Å². The lowest BCUT2D eigenvalue weighted by Crippen LogP contribution is -1.76. The first-order valence-electron chi connectivity index (χ1n) is 3.26. The fourth-order valence-corrected chi connectivity index (χ4v) is 2.57. The van der Waals surface area contributed by atoms with Crippen molar-refractivity contribution in [3.63, 3.8) is 0 Å². The molecule has 1 rings (SSSR count). The van der Waals surface area contributed by atoms with Crippen molar-refractivity contribution in [3.8, 4) is 5.06 Å². The maximum Gasteiger partial charge on any atom is 0.188 e. The second-order valence-electron chi connectivity index (χ2n) is 2.19. The topological polar surface area (TPSA) is 9.23 Å². The van der Waals surface area contributed by atoms with Gasteiger partial charge in [-0.25, -0.2) is 0 Å². The van der Waals surface area contributed by atoms with Gasteiger partial charge in [-0.2, -0.15) is 0 Å². The quantitative estimate of drug-likeness (QED) is 0.758. The van der Waals surface area contributed by atoms with E-state index in [-0.39, 0.29) is 0 Å². The molecule has 0 saturated heterocycles. The number of thiophene rings is 1. The number of allylic oxidation sites excluding steroid dienone is 1. The van der Waals surface area contributed by atoms with Gasteiger partial charge in [0, 0.05) is 10.8 Å². The Morgan fingerprint density at radius 3 is 2.92 bits per heavy atom. The molecule has 0 radical (unpaired) electrons. The zero-order valence-corrected chi connectivity index (χ0v) is 9.72. The summed E-state index contributed by atoms with van der Waals surface area (Å²) in [6.07, 6.45) is 0. The summed E-state index contributed by atoms with van der Waals surface area (Å²) < 4.78 is 6.06. The molecule has 0 unspecified atom stereocenters. The van der Waals surface area contributed by atoms with Crippen molar-refractivity contribution in [2.45, 2.75) is 0 Å². The molecule has 66 valence electrons. The summed E-state index contributed by atoms with van der Waals surface area (Å²) in [4.78, 5) is 1.06. The first kappa shape index (κ1) is 10.1. The molecule has 0 bridgehead atoms. The van der Waals surface area contributed by atoms with Crippen LogP contribution in [0.15, 0.2) is 17.1 Å². The molecule has 0 aliphatic heterocycles. The van der Waals surface area contributed by atoms with E-state index in [4.69, 9.17) is 16.3 Å². The summed E-state index contributed by atoms with van der Waals surface area (Å²) >= 11 is 10.6. The summed E-state index contributed by atoms with van der Waals surface area (Å²) in [5.74, 6) is 0.454. The second-order valence-corrected chi connectivity index (χ2v) is 4.32. The highest BCUT2D eigenvalue weighted by atomic mass is 79.9. The van der Waals surface area contributed by atoms with Gasteiger partial charge in [-0.15, -0.1) is 11.6 Å². The van der Waals surface area contributed by atoms with Crippen LogP contribution in [-0.4, -0.2) is 13.0 Å². The third kappa shape index (κ3) is 2.03. The molecular weight excluding hydrogens is 260 g/mol. The fourth-order valence-electron chi connectivity index (χ4n) is 0.731. The van der Waals surface area contributed by atoms with Crippen LogP contribution in [0, 0.1) is 0 Å². The number of ether oxygens (including phenoxy) is 1. The number of alkyl halides is 1. The summed E-state index contributed by atoms with van der Waals surface area (Å²) in [5.41, 5.74) is 0.922. The monoisotopic (exact) mass is 266 g/mol. The lowest BCUT2D eigenvalue weighted by molar-refractivity contribution is 0.425. The molecule has 0 amide bonds. The molecule has 0 aromatic carbocycles. The van der Waals surface area contributed by atoms with Gasteiger partial charge in [0.05, 0.1) is 11.6 Å². The normalized spacial score (nSPS) is 9.92. The predicted octanol–water partition coefficient (Wildman–Crippen LogP) is 3.77. The van der Waals surface area contributed by atoms with Crippen LogP contribution in [0.4, 0.5) is 0 Å². The lowest BCUT2D eigenvalue weighted by atomic mass is 10.3. The van der Waals surface area contributed by atoms with Crippen LogP contribution < -0.4 is 4.74 Å². The Morgan fingerprint density at radius 2 is 2.50 bits per heavy atom. The molecule has 0 saturated carbocycles. The maximum atomic E-state index is 5.64. The average Bonchev–Trinajstić information content (AvgIpc) is 2.45. The van der Waals surface area contributed by atoms with Crippen LogP contribution in [0.2, 0.25) is 0 Å². The number of hydrogen-bond donors (Lipinski definition) is 0. The van der Waals surface area contributed by atoms with Crippen LogP contribution in [0.5, 0.6) is 5.06 Å². The number of halogens is 2. The molecule has 0 fully saturated rings. The molecule has 1 aromatic heterocycles. The number of hydrogen-bond acceptors (Lipinski definition) is 2. The van der Waals surface area contributed by atoms with E-state index in [1.54, 1.807) is 7.11 Å². The molecule has 0 aliphatic rings. The number of methoxy groups -OCH3 is 1. The molecule has 1 heterocycles. The zero-order valence-electron chi connectivity index (χ0n) is 6.56. The Hall–Kier alpha value is 0.01000. The molecule has 0 N–H and O–H groups in total. The third-order valence-corrected chi connectivity index (χ3v) is 3.72. The Morgan fingerprint density at radius 1 is 1.83 bits per heavy atom. The van der Waals surface area contributed by atoms with Crippen LogP contribution in [0.3, 0.4) is 0 Å². The summed E-state index contributed by atoms with van der Waals surface area (Å²) in [5, 5.41) is 0.858. The molecule has 12 heavy (non-hydrogen) atoms. The van der Waals surface area contributed by atoms with Gasteiger partial charge in [0.15, 0.2) is 5.06 Å². The molecular formula is C8H8BrClOS. The predicted molar refractivity (Wildman–Crippen MR) is 58.3 cm³/mol. The standard InChI is InChI=1S/C8H8BrClOS/c1-5(4-10)7-3-6(9)8(11-2)12-7/h3H,1,4H2,2H3. The maximum absolute atomic E-state index is 5.64. The van der Waals surface area contributed by atoms with Crippen LogP contribution in [0.25, 0.3) is 5.57 Å². The highest BCUT2D eigenvalue weighted by Crippen LogP contribution is 2.37. The SMILES string of the molecule is C=C(CCl)c1cc(Br)c(OC)s1. The molecule has 1 nitrogen and oxygen atoms in total. The Balaban J connectivity index is 2.96. The summed E-state index contributed by atoms with van der Waals surface area (Å²) in [7, 11) is 1.64. The first-order valence-corrected chi connectivity index (χ1v) is 5.41. The molecule has 0 aliphatic carbocycles. The van der Waals surface area contributed by atoms with Gasteiger partial charge in [0.2, 0.25) is 0 Å². The summed E-state index contributed by atoms with van der Waals surface area (Å²) in [6.45, 7) is 3.83. The van der Waals surface area contributed by atoms with Crippen molar-refractivity contribution in [1.82, 2.24) is 0 Å². The Labute approximate surface area is 89.1 Å². The van der Waals surface area contributed by atoms with Gasteiger partial charge in [-0.3, -0.25) is 0 Å². The Bertz CT molecular complexity index is 295. The van der Waals surface area contributed by atoms with E-state index in [0.29, 0.717) is 5.88 Å². The Kier molecular flexibility index (Phi) is 3.62. The largest absolute Gasteiger partial charge is 0.486 e. The van der Waals surface area contributed by atoms with Gasteiger partial charge >= 0.3 is 0 Å². The van der Waals surface area contributed by atoms with Gasteiger partial charge in [-0.1, -0.05) is 17.9 Å². The van der Waals surface area contributed by atoms with Crippen molar-refractivity contribution in [2.24, 2.45) is 0 Å². The van der Waals surface area contributed by atoms with Crippen LogP contribution >= 0.6 is 38.9 Å². The summed E-state index contributed by atoms with van der Waals surface area (Å²) in [6, 6.07) is 1.97. The highest BCUT2D eigenvalue weighted by Gasteiger charge is 2.08. The van der Waals surface area contributed by atoms with E-state index in [1.165, 1.54) is 11.3 Å². The minimum Gasteiger partial charge on any atom is -0.486 e. The van der Waals surface area contributed by atoms with E-state index < -0.39 is 0 Å². The highest BCUT2D eigenvalue weighted by molar-refractivity contribution is 9.10. The van der Waals surface area contributed by atoms with Crippen LogP contribution in [-0.2, 0) is 0 Å². The second kappa shape index (κ2) is 4.30. The minimum absolute atomic E-state index is 0.454. The fraction of sp³-hybridized carbons (Fsp3) is 0.250. The van der Waals surface area contributed by atoms with Crippen molar-refractivity contribution < 1.29 is 4.74 Å². The van der Waals surface area contributed by atoms with Crippen molar-refractivity contribution >= 4 is 44.4 Å². The zero-order chi connectivity index (χ0) is 9.14. The van der Waals surface area contributed by atoms with Crippen LogP contribution in [0.1, 0.15) is 4.88 Å². The van der Waals surface area contributed by atoms with E-state index >= 15 is 0 Å². The van der Waals surface area contributed by atoms with Crippen molar-refractivity contribution in [1.29, 1.82) is 0 Å².